The molecule has 0 aliphatic rings. The Bertz CT molecular complexity index is 184. The molecule has 0 aromatic rings. The first kappa shape index (κ1) is 11.9. The minimum atomic E-state index is -0.466. The smallest absolute Gasteiger partial charge is 0.310 e. The van der Waals surface area contributed by atoms with Gasteiger partial charge in [-0.3, -0.25) is 9.59 Å². The van der Waals surface area contributed by atoms with E-state index in [0.29, 0.717) is 13.0 Å². The van der Waals surface area contributed by atoms with Crippen molar-refractivity contribution < 1.29 is 14.3 Å². The Morgan fingerprint density at radius 2 is 2.08 bits per heavy atom. The van der Waals surface area contributed by atoms with Crippen molar-refractivity contribution in [2.75, 3.05) is 6.54 Å². The maximum Gasteiger partial charge on any atom is 0.310 e. The molecule has 0 aromatic carbocycles. The van der Waals surface area contributed by atoms with E-state index in [1.54, 1.807) is 6.92 Å². The standard InChI is InChI=1S/C9H17NO3/c1-7(5-10-6-11)8(12)13-9(2,3)4/h6-7H,5H2,1-4H3,(H,10,11). The number of carbonyl (C=O) groups excluding carboxylic acids is 2. The molecule has 0 fully saturated rings. The molecule has 0 aliphatic heterocycles. The third kappa shape index (κ3) is 6.13. The van der Waals surface area contributed by atoms with Crippen LogP contribution in [0.2, 0.25) is 0 Å². The molecule has 1 amide bonds. The highest BCUT2D eigenvalue weighted by Crippen LogP contribution is 2.10. The van der Waals surface area contributed by atoms with Crippen LogP contribution in [0.4, 0.5) is 0 Å². The van der Waals surface area contributed by atoms with Gasteiger partial charge in [0.05, 0.1) is 5.92 Å². The molecule has 4 nitrogen and oxygen atoms in total. The van der Waals surface area contributed by atoms with Gasteiger partial charge in [-0.05, 0) is 20.8 Å². The predicted molar refractivity (Wildman–Crippen MR) is 49.1 cm³/mol. The molecule has 13 heavy (non-hydrogen) atoms. The van der Waals surface area contributed by atoms with Gasteiger partial charge in [0.15, 0.2) is 0 Å². The van der Waals surface area contributed by atoms with Crippen molar-refractivity contribution in [1.29, 1.82) is 0 Å². The van der Waals surface area contributed by atoms with E-state index in [9.17, 15) is 9.59 Å². The van der Waals surface area contributed by atoms with Crippen LogP contribution in [0.1, 0.15) is 27.7 Å². The van der Waals surface area contributed by atoms with Gasteiger partial charge in [-0.2, -0.15) is 0 Å². The Labute approximate surface area is 78.6 Å². The van der Waals surface area contributed by atoms with Gasteiger partial charge < -0.3 is 10.1 Å². The van der Waals surface area contributed by atoms with E-state index in [0.717, 1.165) is 0 Å². The molecule has 0 saturated carbocycles. The molecule has 0 rings (SSSR count). The molecular formula is C9H17NO3. The van der Waals surface area contributed by atoms with E-state index in [2.05, 4.69) is 5.32 Å². The Morgan fingerprint density at radius 3 is 2.46 bits per heavy atom. The van der Waals surface area contributed by atoms with Crippen molar-refractivity contribution >= 4 is 12.4 Å². The minimum Gasteiger partial charge on any atom is -0.460 e. The Kier molecular flexibility index (Phi) is 4.45. The van der Waals surface area contributed by atoms with Crippen LogP contribution in [0.5, 0.6) is 0 Å². The largest absolute Gasteiger partial charge is 0.460 e. The number of amides is 1. The van der Waals surface area contributed by atoms with Crippen molar-refractivity contribution in [3.8, 4) is 0 Å². The summed E-state index contributed by atoms with van der Waals surface area (Å²) in [5, 5.41) is 2.43. The summed E-state index contributed by atoms with van der Waals surface area (Å²) in [4.78, 5) is 21.2. The minimum absolute atomic E-state index is 0.290. The Balaban J connectivity index is 3.89. The fourth-order valence-electron chi connectivity index (χ4n) is 0.711. The van der Waals surface area contributed by atoms with Gasteiger partial charge in [-0.25, -0.2) is 0 Å². The van der Waals surface area contributed by atoms with E-state index in [1.165, 1.54) is 0 Å². The summed E-state index contributed by atoms with van der Waals surface area (Å²) in [6.07, 6.45) is 0.570. The second kappa shape index (κ2) is 4.84. The molecule has 1 unspecified atom stereocenters. The lowest BCUT2D eigenvalue weighted by molar-refractivity contribution is -0.159. The lowest BCUT2D eigenvalue weighted by Crippen LogP contribution is -2.32. The Morgan fingerprint density at radius 1 is 1.54 bits per heavy atom. The maximum absolute atomic E-state index is 11.3. The topological polar surface area (TPSA) is 55.4 Å². The quantitative estimate of drug-likeness (QED) is 0.521. The number of hydrogen-bond donors (Lipinski definition) is 1. The van der Waals surface area contributed by atoms with Gasteiger partial charge in [0.25, 0.3) is 0 Å². The lowest BCUT2D eigenvalue weighted by Gasteiger charge is -2.21. The summed E-state index contributed by atoms with van der Waals surface area (Å²) in [5.74, 6) is -0.591. The highest BCUT2D eigenvalue weighted by Gasteiger charge is 2.20. The third-order valence-electron chi connectivity index (χ3n) is 1.32. The predicted octanol–water partition coefficient (Wildman–Crippen LogP) is 0.710. The second-order valence-electron chi connectivity index (χ2n) is 3.96. The van der Waals surface area contributed by atoms with Gasteiger partial charge in [-0.15, -0.1) is 0 Å². The fraction of sp³-hybridized carbons (Fsp3) is 0.778. The van der Waals surface area contributed by atoms with Crippen molar-refractivity contribution in [1.82, 2.24) is 5.32 Å². The van der Waals surface area contributed by atoms with Gasteiger partial charge >= 0.3 is 5.97 Å². The van der Waals surface area contributed by atoms with Crippen LogP contribution in [-0.2, 0) is 14.3 Å². The first-order valence-electron chi connectivity index (χ1n) is 4.26. The average molecular weight is 187 g/mol. The summed E-state index contributed by atoms with van der Waals surface area (Å²) in [6.45, 7) is 7.46. The molecule has 0 aromatic heterocycles. The van der Waals surface area contributed by atoms with E-state index in [-0.39, 0.29) is 11.9 Å². The number of carbonyl (C=O) groups is 2. The highest BCUT2D eigenvalue weighted by molar-refractivity contribution is 5.73. The van der Waals surface area contributed by atoms with Crippen molar-refractivity contribution in [3.63, 3.8) is 0 Å². The second-order valence-corrected chi connectivity index (χ2v) is 3.96. The first-order chi connectivity index (χ1) is 5.87. The number of nitrogens with one attached hydrogen (secondary N) is 1. The monoisotopic (exact) mass is 187 g/mol. The van der Waals surface area contributed by atoms with E-state index < -0.39 is 5.60 Å². The van der Waals surface area contributed by atoms with Crippen LogP contribution in [0.3, 0.4) is 0 Å². The van der Waals surface area contributed by atoms with Gasteiger partial charge in [0.1, 0.15) is 5.60 Å². The molecule has 4 heteroatoms. The third-order valence-corrected chi connectivity index (χ3v) is 1.32. The van der Waals surface area contributed by atoms with E-state index in [4.69, 9.17) is 4.74 Å². The molecule has 0 spiro atoms. The van der Waals surface area contributed by atoms with Gasteiger partial charge in [-0.1, -0.05) is 6.92 Å². The lowest BCUT2D eigenvalue weighted by atomic mass is 10.1. The van der Waals surface area contributed by atoms with Crippen molar-refractivity contribution in [2.24, 2.45) is 5.92 Å². The molecule has 1 atom stereocenters. The van der Waals surface area contributed by atoms with Crippen LogP contribution in [0.15, 0.2) is 0 Å². The van der Waals surface area contributed by atoms with Crippen molar-refractivity contribution in [2.45, 2.75) is 33.3 Å². The van der Waals surface area contributed by atoms with Gasteiger partial charge in [0.2, 0.25) is 6.41 Å². The van der Waals surface area contributed by atoms with Crippen LogP contribution in [-0.4, -0.2) is 24.5 Å². The summed E-state index contributed by atoms with van der Waals surface area (Å²) in [6, 6.07) is 0. The van der Waals surface area contributed by atoms with E-state index >= 15 is 0 Å². The zero-order chi connectivity index (χ0) is 10.5. The van der Waals surface area contributed by atoms with Crippen LogP contribution in [0, 0.1) is 5.92 Å². The van der Waals surface area contributed by atoms with Crippen molar-refractivity contribution in [3.05, 3.63) is 0 Å². The summed E-state index contributed by atoms with van der Waals surface area (Å²) in [5.41, 5.74) is -0.466. The average Bonchev–Trinajstić information content (AvgIpc) is 1.96. The molecule has 0 radical (unpaired) electrons. The summed E-state index contributed by atoms with van der Waals surface area (Å²) in [7, 11) is 0. The zero-order valence-corrected chi connectivity index (χ0v) is 8.59. The van der Waals surface area contributed by atoms with Gasteiger partial charge in [0, 0.05) is 6.54 Å². The summed E-state index contributed by atoms with van der Waals surface area (Å²) >= 11 is 0. The van der Waals surface area contributed by atoms with Crippen LogP contribution < -0.4 is 5.32 Å². The molecule has 0 aliphatic carbocycles. The summed E-state index contributed by atoms with van der Waals surface area (Å²) < 4.78 is 5.10. The normalized spacial score (nSPS) is 13.2. The molecule has 0 bridgehead atoms. The zero-order valence-electron chi connectivity index (χ0n) is 8.59. The number of hydrogen-bond acceptors (Lipinski definition) is 3. The maximum atomic E-state index is 11.3. The molecular weight excluding hydrogens is 170 g/mol. The molecule has 1 N–H and O–H groups in total. The fourth-order valence-corrected chi connectivity index (χ4v) is 0.711. The highest BCUT2D eigenvalue weighted by atomic mass is 16.6. The van der Waals surface area contributed by atoms with E-state index in [1.807, 2.05) is 20.8 Å². The Hall–Kier alpha value is -1.06. The number of rotatable bonds is 4. The number of esters is 1. The SMILES string of the molecule is CC(CNC=O)C(=O)OC(C)(C)C. The first-order valence-corrected chi connectivity index (χ1v) is 4.26. The molecule has 0 heterocycles. The van der Waals surface area contributed by atoms with Crippen LogP contribution in [0.25, 0.3) is 0 Å². The molecule has 76 valence electrons. The molecule has 0 saturated heterocycles. The number of ether oxygens (including phenoxy) is 1. The van der Waals surface area contributed by atoms with Crippen LogP contribution >= 0.6 is 0 Å².